The zero-order chi connectivity index (χ0) is 14.9. The second kappa shape index (κ2) is 8.56. The molecule has 2 aromatic rings. The summed E-state index contributed by atoms with van der Waals surface area (Å²) in [6, 6.07) is 11.7. The highest BCUT2D eigenvalue weighted by atomic mass is 32.1. The molecule has 0 aliphatic heterocycles. The van der Waals surface area contributed by atoms with Crippen molar-refractivity contribution in [2.24, 2.45) is 0 Å². The average Bonchev–Trinajstić information content (AvgIpc) is 3.05. The summed E-state index contributed by atoms with van der Waals surface area (Å²) in [5.74, 6) is -0.114. The monoisotopic (exact) mass is 305 g/mol. The smallest absolute Gasteiger partial charge is 0.222 e. The Bertz CT molecular complexity index is 528. The molecule has 0 saturated carbocycles. The number of benzene rings is 1. The zero-order valence-corrected chi connectivity index (χ0v) is 12.5. The van der Waals surface area contributed by atoms with E-state index in [0.717, 1.165) is 11.1 Å². The van der Waals surface area contributed by atoms with Gasteiger partial charge in [-0.15, -0.1) is 0 Å². The van der Waals surface area contributed by atoms with Crippen molar-refractivity contribution in [3.05, 3.63) is 58.3 Å². The van der Waals surface area contributed by atoms with Crippen LogP contribution >= 0.6 is 11.3 Å². The van der Waals surface area contributed by atoms with E-state index in [9.17, 15) is 9.90 Å². The third-order valence-electron chi connectivity index (χ3n) is 3.01. The van der Waals surface area contributed by atoms with Crippen molar-refractivity contribution in [1.82, 2.24) is 5.32 Å². The van der Waals surface area contributed by atoms with Crippen LogP contribution in [-0.4, -0.2) is 24.2 Å². The molecule has 0 aliphatic carbocycles. The summed E-state index contributed by atoms with van der Waals surface area (Å²) < 4.78 is 5.45. The van der Waals surface area contributed by atoms with Gasteiger partial charge in [0.25, 0.3) is 0 Å². The fourth-order valence-corrected chi connectivity index (χ4v) is 2.52. The Balaban J connectivity index is 1.57. The minimum absolute atomic E-state index is 0.114. The first-order valence-corrected chi connectivity index (χ1v) is 7.78. The summed E-state index contributed by atoms with van der Waals surface area (Å²) >= 11 is 1.52. The third-order valence-corrected chi connectivity index (χ3v) is 3.71. The lowest BCUT2D eigenvalue weighted by Gasteiger charge is -2.10. The van der Waals surface area contributed by atoms with Gasteiger partial charge in [-0.2, -0.15) is 11.3 Å². The van der Waals surface area contributed by atoms with Crippen LogP contribution in [0, 0.1) is 0 Å². The van der Waals surface area contributed by atoms with Crippen molar-refractivity contribution in [2.75, 3.05) is 13.2 Å². The molecule has 0 fully saturated rings. The van der Waals surface area contributed by atoms with Crippen molar-refractivity contribution in [1.29, 1.82) is 0 Å². The van der Waals surface area contributed by atoms with E-state index in [4.69, 9.17) is 4.74 Å². The molecule has 4 nitrogen and oxygen atoms in total. The summed E-state index contributed by atoms with van der Waals surface area (Å²) in [6.45, 7) is 1.11. The third kappa shape index (κ3) is 5.67. The minimum Gasteiger partial charge on any atom is -0.387 e. The van der Waals surface area contributed by atoms with Crippen LogP contribution in [0.1, 0.15) is 23.7 Å². The fourth-order valence-electron chi connectivity index (χ4n) is 1.81. The first-order chi connectivity index (χ1) is 10.3. The number of carbonyl (C=O) groups is 1. The molecule has 21 heavy (non-hydrogen) atoms. The van der Waals surface area contributed by atoms with Gasteiger partial charge in [-0.1, -0.05) is 30.3 Å². The maximum Gasteiger partial charge on any atom is 0.222 e. The lowest BCUT2D eigenvalue weighted by molar-refractivity contribution is -0.122. The second-order valence-electron chi connectivity index (χ2n) is 4.66. The number of aliphatic hydroxyl groups is 1. The van der Waals surface area contributed by atoms with Crippen LogP contribution in [-0.2, 0) is 16.1 Å². The molecule has 0 aliphatic rings. The van der Waals surface area contributed by atoms with Gasteiger partial charge >= 0.3 is 0 Å². The van der Waals surface area contributed by atoms with E-state index in [-0.39, 0.29) is 12.5 Å². The largest absolute Gasteiger partial charge is 0.387 e. The van der Waals surface area contributed by atoms with Crippen molar-refractivity contribution >= 4 is 17.2 Å². The van der Waals surface area contributed by atoms with Crippen LogP contribution in [0.25, 0.3) is 0 Å². The van der Waals surface area contributed by atoms with Gasteiger partial charge in [0, 0.05) is 13.0 Å². The average molecular weight is 305 g/mol. The van der Waals surface area contributed by atoms with E-state index in [0.29, 0.717) is 19.6 Å². The Kier molecular flexibility index (Phi) is 6.40. The zero-order valence-electron chi connectivity index (χ0n) is 11.7. The molecular weight excluding hydrogens is 286 g/mol. The van der Waals surface area contributed by atoms with E-state index in [2.05, 4.69) is 5.32 Å². The number of thiophene rings is 1. The summed E-state index contributed by atoms with van der Waals surface area (Å²) in [5, 5.41) is 16.3. The molecule has 2 N–H and O–H groups in total. The van der Waals surface area contributed by atoms with Crippen LogP contribution in [0.2, 0.25) is 0 Å². The van der Waals surface area contributed by atoms with Crippen molar-refractivity contribution < 1.29 is 14.6 Å². The van der Waals surface area contributed by atoms with Gasteiger partial charge in [0.2, 0.25) is 5.91 Å². The van der Waals surface area contributed by atoms with Crippen LogP contribution in [0.4, 0.5) is 0 Å². The van der Waals surface area contributed by atoms with E-state index < -0.39 is 6.10 Å². The molecule has 0 spiro atoms. The Morgan fingerprint density at radius 2 is 2.10 bits per heavy atom. The van der Waals surface area contributed by atoms with Gasteiger partial charge in [0.1, 0.15) is 0 Å². The number of hydrogen-bond donors (Lipinski definition) is 2. The molecule has 0 saturated heterocycles. The molecule has 5 heteroatoms. The minimum atomic E-state index is -0.648. The standard InChI is InChI=1S/C16H19NO3S/c18-15(14-7-9-21-12-14)10-17-16(19)6-8-20-11-13-4-2-1-3-5-13/h1-5,7,9,12,15,18H,6,8,10-11H2,(H,17,19). The molecule has 1 heterocycles. The predicted octanol–water partition coefficient (Wildman–Crippen LogP) is 2.50. The Labute approximate surface area is 128 Å². The van der Waals surface area contributed by atoms with Crippen LogP contribution in [0.5, 0.6) is 0 Å². The number of amides is 1. The van der Waals surface area contributed by atoms with Gasteiger partial charge in [-0.3, -0.25) is 4.79 Å². The highest BCUT2D eigenvalue weighted by Gasteiger charge is 2.09. The van der Waals surface area contributed by atoms with E-state index in [1.54, 1.807) is 0 Å². The highest BCUT2D eigenvalue weighted by molar-refractivity contribution is 7.07. The highest BCUT2D eigenvalue weighted by Crippen LogP contribution is 2.14. The molecule has 1 aromatic heterocycles. The summed E-state index contributed by atoms with van der Waals surface area (Å²) in [4.78, 5) is 11.6. The van der Waals surface area contributed by atoms with Crippen molar-refractivity contribution in [2.45, 2.75) is 19.1 Å². The maximum absolute atomic E-state index is 11.6. The molecule has 1 unspecified atom stereocenters. The molecular formula is C16H19NO3S. The summed E-state index contributed by atoms with van der Waals surface area (Å²) in [5.41, 5.74) is 1.92. The molecule has 1 atom stereocenters. The number of hydrogen-bond acceptors (Lipinski definition) is 4. The topological polar surface area (TPSA) is 58.6 Å². The predicted molar refractivity (Wildman–Crippen MR) is 83.0 cm³/mol. The second-order valence-corrected chi connectivity index (χ2v) is 5.44. The van der Waals surface area contributed by atoms with E-state index >= 15 is 0 Å². The number of nitrogens with one attached hydrogen (secondary N) is 1. The van der Waals surface area contributed by atoms with Crippen LogP contribution in [0.15, 0.2) is 47.2 Å². The maximum atomic E-state index is 11.6. The number of aliphatic hydroxyl groups excluding tert-OH is 1. The van der Waals surface area contributed by atoms with Gasteiger partial charge < -0.3 is 15.2 Å². The van der Waals surface area contributed by atoms with Crippen molar-refractivity contribution in [3.8, 4) is 0 Å². The molecule has 0 radical (unpaired) electrons. The fraction of sp³-hybridized carbons (Fsp3) is 0.312. The van der Waals surface area contributed by atoms with Gasteiger partial charge in [-0.25, -0.2) is 0 Å². The lowest BCUT2D eigenvalue weighted by atomic mass is 10.2. The molecule has 2 rings (SSSR count). The molecule has 0 bridgehead atoms. The normalized spacial score (nSPS) is 12.0. The van der Waals surface area contributed by atoms with Gasteiger partial charge in [0.05, 0.1) is 19.3 Å². The summed E-state index contributed by atoms with van der Waals surface area (Å²) in [7, 11) is 0. The van der Waals surface area contributed by atoms with Gasteiger partial charge in [-0.05, 0) is 28.0 Å². The molecule has 112 valence electrons. The van der Waals surface area contributed by atoms with Crippen LogP contribution in [0.3, 0.4) is 0 Å². The first-order valence-electron chi connectivity index (χ1n) is 6.84. The summed E-state index contributed by atoms with van der Waals surface area (Å²) in [6.07, 6.45) is -0.353. The molecule has 1 aromatic carbocycles. The number of rotatable bonds is 8. The number of ether oxygens (including phenoxy) is 1. The lowest BCUT2D eigenvalue weighted by Crippen LogP contribution is -2.28. The SMILES string of the molecule is O=C(CCOCc1ccccc1)NCC(O)c1ccsc1. The Morgan fingerprint density at radius 1 is 1.29 bits per heavy atom. The van der Waals surface area contributed by atoms with E-state index in [1.165, 1.54) is 11.3 Å². The number of carbonyl (C=O) groups excluding carboxylic acids is 1. The quantitative estimate of drug-likeness (QED) is 0.737. The van der Waals surface area contributed by atoms with Crippen molar-refractivity contribution in [3.63, 3.8) is 0 Å². The Morgan fingerprint density at radius 3 is 2.81 bits per heavy atom. The Hall–Kier alpha value is -1.69. The van der Waals surface area contributed by atoms with Crippen LogP contribution < -0.4 is 5.32 Å². The van der Waals surface area contributed by atoms with E-state index in [1.807, 2.05) is 47.2 Å². The molecule has 1 amide bonds. The first kappa shape index (κ1) is 15.7. The van der Waals surface area contributed by atoms with Gasteiger partial charge in [0.15, 0.2) is 0 Å².